The normalized spacial score (nSPS) is 12.6. The van der Waals surface area contributed by atoms with Crippen molar-refractivity contribution in [3.8, 4) is 17.2 Å². The second-order valence-electron chi connectivity index (χ2n) is 4.83. The highest BCUT2D eigenvalue weighted by Crippen LogP contribution is 2.31. The van der Waals surface area contributed by atoms with Crippen LogP contribution in [0.5, 0.6) is 17.2 Å². The van der Waals surface area contributed by atoms with Crippen molar-refractivity contribution in [1.82, 2.24) is 0 Å². The zero-order chi connectivity index (χ0) is 15.5. The van der Waals surface area contributed by atoms with Crippen molar-refractivity contribution in [2.75, 3.05) is 13.2 Å². The number of carbonyl (C=O) groups excluding carboxylic acids is 2. The predicted octanol–water partition coefficient (Wildman–Crippen LogP) is 2.88. The van der Waals surface area contributed by atoms with E-state index in [1.165, 1.54) is 6.92 Å². The van der Waals surface area contributed by atoms with E-state index in [1.54, 1.807) is 42.5 Å². The van der Waals surface area contributed by atoms with Crippen LogP contribution in [0.4, 0.5) is 0 Å². The molecule has 0 aromatic heterocycles. The molecule has 0 spiro atoms. The summed E-state index contributed by atoms with van der Waals surface area (Å²) in [7, 11) is 0. The molecule has 0 atom stereocenters. The molecule has 5 heteroatoms. The summed E-state index contributed by atoms with van der Waals surface area (Å²) >= 11 is 0. The van der Waals surface area contributed by atoms with E-state index in [0.717, 1.165) is 0 Å². The number of ether oxygens (including phenoxy) is 3. The minimum Gasteiger partial charge on any atom is -0.486 e. The largest absolute Gasteiger partial charge is 0.486 e. The average Bonchev–Trinajstić information content (AvgIpc) is 2.55. The summed E-state index contributed by atoms with van der Waals surface area (Å²) in [4.78, 5) is 23.3. The maximum atomic E-state index is 12.1. The number of carbonyl (C=O) groups is 2. The molecule has 0 amide bonds. The number of esters is 1. The molecular weight excluding hydrogens is 284 g/mol. The molecular formula is C17H14O5. The Morgan fingerprint density at radius 2 is 1.55 bits per heavy atom. The van der Waals surface area contributed by atoms with Crippen LogP contribution in [0.1, 0.15) is 27.6 Å². The Morgan fingerprint density at radius 3 is 2.23 bits per heavy atom. The highest BCUT2D eigenvalue weighted by molar-refractivity contribution is 5.94. The van der Waals surface area contributed by atoms with Crippen molar-refractivity contribution in [2.24, 2.45) is 0 Å². The van der Waals surface area contributed by atoms with Crippen molar-refractivity contribution in [1.29, 1.82) is 0 Å². The fourth-order valence-corrected chi connectivity index (χ4v) is 2.09. The van der Waals surface area contributed by atoms with Gasteiger partial charge >= 0.3 is 5.97 Å². The van der Waals surface area contributed by atoms with Crippen LogP contribution in [0.3, 0.4) is 0 Å². The van der Waals surface area contributed by atoms with Crippen molar-refractivity contribution < 1.29 is 23.8 Å². The Morgan fingerprint density at radius 1 is 0.909 bits per heavy atom. The number of hydrogen-bond acceptors (Lipinski definition) is 5. The highest BCUT2D eigenvalue weighted by atomic mass is 16.6. The van der Waals surface area contributed by atoms with E-state index in [4.69, 9.17) is 14.2 Å². The molecule has 0 bridgehead atoms. The van der Waals surface area contributed by atoms with Gasteiger partial charge in [0, 0.05) is 5.56 Å². The summed E-state index contributed by atoms with van der Waals surface area (Å²) in [5.74, 6) is 1.00. The van der Waals surface area contributed by atoms with Gasteiger partial charge in [0.1, 0.15) is 19.0 Å². The van der Waals surface area contributed by atoms with Gasteiger partial charge in [0.05, 0.1) is 5.56 Å². The topological polar surface area (TPSA) is 61.8 Å². The maximum absolute atomic E-state index is 12.1. The van der Waals surface area contributed by atoms with Crippen LogP contribution >= 0.6 is 0 Å². The second-order valence-corrected chi connectivity index (χ2v) is 4.83. The molecule has 1 aliphatic rings. The molecule has 22 heavy (non-hydrogen) atoms. The first-order valence-electron chi connectivity index (χ1n) is 6.86. The lowest BCUT2D eigenvalue weighted by Gasteiger charge is -2.18. The number of Topliss-reactive ketones (excluding diaryl/α,β-unsaturated/α-hetero) is 1. The van der Waals surface area contributed by atoms with Crippen LogP contribution in [0.2, 0.25) is 0 Å². The van der Waals surface area contributed by atoms with Crippen LogP contribution in [-0.4, -0.2) is 25.0 Å². The van der Waals surface area contributed by atoms with E-state index in [-0.39, 0.29) is 5.78 Å². The molecule has 2 aromatic rings. The standard InChI is InChI=1S/C17H14O5/c1-11(18)12-2-5-14(6-3-12)22-17(19)13-4-7-15-16(10-13)21-9-8-20-15/h2-7,10H,8-9H2,1H3. The van der Waals surface area contributed by atoms with E-state index < -0.39 is 5.97 Å². The molecule has 5 nitrogen and oxygen atoms in total. The van der Waals surface area contributed by atoms with Gasteiger partial charge in [0.2, 0.25) is 0 Å². The summed E-state index contributed by atoms with van der Waals surface area (Å²) in [6.07, 6.45) is 0. The van der Waals surface area contributed by atoms with Gasteiger partial charge in [0.15, 0.2) is 17.3 Å². The first-order chi connectivity index (χ1) is 10.6. The Hall–Kier alpha value is -2.82. The van der Waals surface area contributed by atoms with Gasteiger partial charge in [-0.1, -0.05) is 0 Å². The Bertz CT molecular complexity index is 718. The third-order valence-electron chi connectivity index (χ3n) is 3.25. The molecule has 0 N–H and O–H groups in total. The molecule has 0 aliphatic carbocycles. The first-order valence-corrected chi connectivity index (χ1v) is 6.86. The van der Waals surface area contributed by atoms with Gasteiger partial charge in [0.25, 0.3) is 0 Å². The fourth-order valence-electron chi connectivity index (χ4n) is 2.09. The van der Waals surface area contributed by atoms with Crippen molar-refractivity contribution in [3.63, 3.8) is 0 Å². The maximum Gasteiger partial charge on any atom is 0.343 e. The number of ketones is 1. The number of rotatable bonds is 3. The minimum atomic E-state index is -0.493. The van der Waals surface area contributed by atoms with E-state index in [0.29, 0.717) is 41.6 Å². The smallest absolute Gasteiger partial charge is 0.343 e. The summed E-state index contributed by atoms with van der Waals surface area (Å²) < 4.78 is 16.1. The van der Waals surface area contributed by atoms with Crippen LogP contribution in [-0.2, 0) is 0 Å². The minimum absolute atomic E-state index is 0.0373. The average molecular weight is 298 g/mol. The zero-order valence-corrected chi connectivity index (χ0v) is 12.0. The fraction of sp³-hybridized carbons (Fsp3) is 0.176. The van der Waals surface area contributed by atoms with Gasteiger partial charge in [-0.15, -0.1) is 0 Å². The summed E-state index contributed by atoms with van der Waals surface area (Å²) in [6, 6.07) is 11.3. The van der Waals surface area contributed by atoms with E-state index in [9.17, 15) is 9.59 Å². The van der Waals surface area contributed by atoms with Crippen LogP contribution < -0.4 is 14.2 Å². The molecule has 0 fully saturated rings. The second kappa shape index (κ2) is 5.89. The van der Waals surface area contributed by atoms with E-state index in [1.807, 2.05) is 0 Å². The first kappa shape index (κ1) is 14.1. The highest BCUT2D eigenvalue weighted by Gasteiger charge is 2.16. The lowest BCUT2D eigenvalue weighted by Crippen LogP contribution is -2.16. The summed E-state index contributed by atoms with van der Waals surface area (Å²) in [5.41, 5.74) is 0.944. The van der Waals surface area contributed by atoms with Crippen molar-refractivity contribution in [2.45, 2.75) is 6.92 Å². The quantitative estimate of drug-likeness (QED) is 0.495. The Kier molecular flexibility index (Phi) is 3.78. The van der Waals surface area contributed by atoms with Gasteiger partial charge in [-0.2, -0.15) is 0 Å². The molecule has 112 valence electrons. The lowest BCUT2D eigenvalue weighted by molar-refractivity contribution is 0.0733. The van der Waals surface area contributed by atoms with Crippen molar-refractivity contribution in [3.05, 3.63) is 53.6 Å². The van der Waals surface area contributed by atoms with Gasteiger partial charge in [-0.05, 0) is 49.4 Å². The number of hydrogen-bond donors (Lipinski definition) is 0. The Labute approximate surface area is 127 Å². The van der Waals surface area contributed by atoms with Gasteiger partial charge < -0.3 is 14.2 Å². The van der Waals surface area contributed by atoms with E-state index >= 15 is 0 Å². The molecule has 2 aromatic carbocycles. The Balaban J connectivity index is 1.75. The molecule has 1 heterocycles. The molecule has 0 saturated carbocycles. The van der Waals surface area contributed by atoms with Gasteiger partial charge in [-0.25, -0.2) is 4.79 Å². The lowest BCUT2D eigenvalue weighted by atomic mass is 10.1. The monoisotopic (exact) mass is 298 g/mol. The molecule has 3 rings (SSSR count). The molecule has 0 unspecified atom stereocenters. The molecule has 0 radical (unpaired) electrons. The number of fused-ring (bicyclic) bond motifs is 1. The number of benzene rings is 2. The molecule has 1 aliphatic heterocycles. The SMILES string of the molecule is CC(=O)c1ccc(OC(=O)c2ccc3c(c2)OCCO3)cc1. The van der Waals surface area contributed by atoms with Crippen LogP contribution in [0.25, 0.3) is 0 Å². The molecule has 0 saturated heterocycles. The van der Waals surface area contributed by atoms with Crippen LogP contribution in [0, 0.1) is 0 Å². The van der Waals surface area contributed by atoms with Gasteiger partial charge in [-0.3, -0.25) is 4.79 Å². The van der Waals surface area contributed by atoms with Crippen LogP contribution in [0.15, 0.2) is 42.5 Å². The third-order valence-corrected chi connectivity index (χ3v) is 3.25. The summed E-state index contributed by atoms with van der Waals surface area (Å²) in [5, 5.41) is 0. The third kappa shape index (κ3) is 2.93. The zero-order valence-electron chi connectivity index (χ0n) is 12.0. The van der Waals surface area contributed by atoms with Crippen molar-refractivity contribution >= 4 is 11.8 Å². The predicted molar refractivity (Wildman–Crippen MR) is 78.8 cm³/mol. The van der Waals surface area contributed by atoms with E-state index in [2.05, 4.69) is 0 Å². The summed E-state index contributed by atoms with van der Waals surface area (Å²) in [6.45, 7) is 2.44.